The minimum absolute atomic E-state index is 0.00297. The Bertz CT molecular complexity index is 1750. The Morgan fingerprint density at radius 3 is 2.62 bits per heavy atom. The lowest BCUT2D eigenvalue weighted by Gasteiger charge is -2.36. The number of nitrogens with one attached hydrogen (secondary N) is 1. The SMILES string of the molecule is O=C(C1CCOCC1)N(Cc1cnc2cc3c(cc2c1)C[C@@]1(C3)C(=O)Nc2ncccc21)C1CCC[C@H]1OCc1ccccc1. The number of ether oxygens (including phenoxy) is 2. The third-order valence-corrected chi connectivity index (χ3v) is 10.4. The second-order valence-electron chi connectivity index (χ2n) is 13.1. The van der Waals surface area contributed by atoms with E-state index in [1.807, 2.05) is 36.5 Å². The normalized spacial score (nSPS) is 24.1. The van der Waals surface area contributed by atoms with Crippen molar-refractivity contribution in [2.24, 2.45) is 5.92 Å². The van der Waals surface area contributed by atoms with Crippen LogP contribution in [0.2, 0.25) is 0 Å². The van der Waals surface area contributed by atoms with Crippen LogP contribution < -0.4 is 5.32 Å². The molecule has 2 amide bonds. The van der Waals surface area contributed by atoms with Crippen LogP contribution in [-0.2, 0) is 50.5 Å². The molecule has 230 valence electrons. The molecule has 2 aromatic carbocycles. The molecule has 2 aromatic heterocycles. The van der Waals surface area contributed by atoms with Gasteiger partial charge < -0.3 is 19.7 Å². The summed E-state index contributed by atoms with van der Waals surface area (Å²) < 4.78 is 12.1. The van der Waals surface area contributed by atoms with E-state index in [1.165, 1.54) is 5.56 Å². The van der Waals surface area contributed by atoms with Crippen molar-refractivity contribution in [2.75, 3.05) is 18.5 Å². The van der Waals surface area contributed by atoms with Gasteiger partial charge in [0.25, 0.3) is 0 Å². The van der Waals surface area contributed by atoms with Crippen LogP contribution in [0.4, 0.5) is 5.82 Å². The summed E-state index contributed by atoms with van der Waals surface area (Å²) in [5.74, 6) is 0.867. The molecule has 8 heteroatoms. The maximum atomic E-state index is 14.2. The number of pyridine rings is 2. The number of nitrogens with zero attached hydrogens (tertiary/aromatic N) is 3. The van der Waals surface area contributed by atoms with Crippen LogP contribution in [0.15, 0.2) is 73.1 Å². The Kier molecular flexibility index (Phi) is 7.34. The summed E-state index contributed by atoms with van der Waals surface area (Å²) in [5, 5.41) is 4.04. The van der Waals surface area contributed by atoms with Crippen molar-refractivity contribution in [3.63, 3.8) is 0 Å². The maximum absolute atomic E-state index is 14.2. The molecule has 0 bridgehead atoms. The Labute approximate surface area is 263 Å². The standard InChI is InChI=1S/C37H38N4O4/c42-35(26-11-14-44-15-12-26)41(32-9-4-10-33(32)45-23-24-6-2-1-3-7-24)22-25-16-27-17-28-19-37(20-29(28)18-31(27)39-21-25)30-8-5-13-38-34(30)40-36(37)43/h1-3,5-8,13,16-18,21,26,32-33H,4,9-12,14-15,19-20,22-23H2,(H,38,40,43)/t32?,33-,37+/m1/s1. The van der Waals surface area contributed by atoms with E-state index in [4.69, 9.17) is 14.5 Å². The van der Waals surface area contributed by atoms with Gasteiger partial charge in [0, 0.05) is 49.0 Å². The second-order valence-corrected chi connectivity index (χ2v) is 13.1. The fourth-order valence-corrected chi connectivity index (χ4v) is 8.00. The first-order chi connectivity index (χ1) is 22.1. The van der Waals surface area contributed by atoms with Gasteiger partial charge in [-0.15, -0.1) is 0 Å². The zero-order chi connectivity index (χ0) is 30.4. The monoisotopic (exact) mass is 602 g/mol. The van der Waals surface area contributed by atoms with Crippen LogP contribution in [0.25, 0.3) is 10.9 Å². The smallest absolute Gasteiger partial charge is 0.237 e. The molecule has 4 aliphatic rings. The zero-order valence-electron chi connectivity index (χ0n) is 25.4. The molecule has 3 atom stereocenters. The van der Waals surface area contributed by atoms with Crippen molar-refractivity contribution in [3.05, 3.63) is 101 Å². The number of hydrogen-bond donors (Lipinski definition) is 1. The van der Waals surface area contributed by atoms with Gasteiger partial charge in [-0.05, 0) is 91.5 Å². The first kappa shape index (κ1) is 28.3. The van der Waals surface area contributed by atoms with E-state index in [2.05, 4.69) is 45.5 Å². The lowest BCUT2D eigenvalue weighted by Crippen LogP contribution is -2.48. The topological polar surface area (TPSA) is 93.7 Å². The highest BCUT2D eigenvalue weighted by Crippen LogP contribution is 2.47. The lowest BCUT2D eigenvalue weighted by atomic mass is 9.79. The molecular formula is C37H38N4O4. The molecular weight excluding hydrogens is 564 g/mol. The molecule has 1 N–H and O–H groups in total. The number of rotatable bonds is 7. The Morgan fingerprint density at radius 2 is 1.78 bits per heavy atom. The van der Waals surface area contributed by atoms with Gasteiger partial charge in [-0.1, -0.05) is 36.4 Å². The molecule has 8 rings (SSSR count). The van der Waals surface area contributed by atoms with Crippen LogP contribution >= 0.6 is 0 Å². The third-order valence-electron chi connectivity index (χ3n) is 10.4. The van der Waals surface area contributed by atoms with Crippen molar-refractivity contribution in [3.8, 4) is 0 Å². The van der Waals surface area contributed by atoms with Crippen molar-refractivity contribution < 1.29 is 19.1 Å². The van der Waals surface area contributed by atoms with E-state index in [-0.39, 0.29) is 29.9 Å². The van der Waals surface area contributed by atoms with Gasteiger partial charge in [0.15, 0.2) is 0 Å². The number of benzene rings is 2. The second kappa shape index (κ2) is 11.7. The number of carbonyl (C=O) groups excluding carboxylic acids is 2. The average molecular weight is 603 g/mol. The summed E-state index contributed by atoms with van der Waals surface area (Å²) in [6.07, 6.45) is 9.36. The molecule has 8 nitrogen and oxygen atoms in total. The molecule has 1 spiro atoms. The summed E-state index contributed by atoms with van der Waals surface area (Å²) in [5.41, 5.74) is 5.77. The largest absolute Gasteiger partial charge is 0.381 e. The summed E-state index contributed by atoms with van der Waals surface area (Å²) in [4.78, 5) is 38.8. The third kappa shape index (κ3) is 5.20. The van der Waals surface area contributed by atoms with Gasteiger partial charge >= 0.3 is 0 Å². The van der Waals surface area contributed by atoms with Crippen molar-refractivity contribution >= 4 is 28.5 Å². The average Bonchev–Trinajstić information content (AvgIpc) is 3.77. The van der Waals surface area contributed by atoms with Gasteiger partial charge in [-0.2, -0.15) is 0 Å². The van der Waals surface area contributed by atoms with Crippen LogP contribution in [0, 0.1) is 5.92 Å². The molecule has 2 fully saturated rings. The number of aromatic nitrogens is 2. The van der Waals surface area contributed by atoms with Crippen molar-refractivity contribution in [1.29, 1.82) is 0 Å². The van der Waals surface area contributed by atoms with Crippen molar-refractivity contribution in [1.82, 2.24) is 14.9 Å². The summed E-state index contributed by atoms with van der Waals surface area (Å²) in [6.45, 7) is 2.30. The number of hydrogen-bond acceptors (Lipinski definition) is 6. The Hall–Kier alpha value is -4.14. The Balaban J connectivity index is 1.07. The van der Waals surface area contributed by atoms with Crippen LogP contribution in [0.3, 0.4) is 0 Å². The van der Waals surface area contributed by atoms with E-state index in [0.717, 1.165) is 65.3 Å². The maximum Gasteiger partial charge on any atom is 0.237 e. The number of carbonyl (C=O) groups is 2. The highest BCUT2D eigenvalue weighted by Gasteiger charge is 2.51. The van der Waals surface area contributed by atoms with Gasteiger partial charge in [0.1, 0.15) is 5.82 Å². The minimum Gasteiger partial charge on any atom is -0.381 e. The highest BCUT2D eigenvalue weighted by molar-refractivity contribution is 6.06. The molecule has 2 aliphatic heterocycles. The first-order valence-electron chi connectivity index (χ1n) is 16.3. The van der Waals surface area contributed by atoms with Gasteiger partial charge in [0.05, 0.1) is 29.7 Å². The lowest BCUT2D eigenvalue weighted by molar-refractivity contribution is -0.145. The summed E-state index contributed by atoms with van der Waals surface area (Å²) in [6, 6.07) is 20.7. The molecule has 45 heavy (non-hydrogen) atoms. The zero-order valence-corrected chi connectivity index (χ0v) is 25.4. The van der Waals surface area contributed by atoms with Gasteiger partial charge in [0.2, 0.25) is 11.8 Å². The number of fused-ring (bicyclic) bond motifs is 4. The van der Waals surface area contributed by atoms with Gasteiger partial charge in [-0.3, -0.25) is 14.6 Å². The predicted molar refractivity (Wildman–Crippen MR) is 170 cm³/mol. The first-order valence-corrected chi connectivity index (χ1v) is 16.3. The fraction of sp³-hybridized carbons (Fsp3) is 0.405. The Morgan fingerprint density at radius 1 is 0.956 bits per heavy atom. The molecule has 2 aliphatic carbocycles. The number of anilines is 1. The van der Waals surface area contributed by atoms with Crippen LogP contribution in [-0.4, -0.2) is 52.0 Å². The van der Waals surface area contributed by atoms with E-state index in [9.17, 15) is 9.59 Å². The molecule has 1 saturated heterocycles. The minimum atomic E-state index is -0.615. The van der Waals surface area contributed by atoms with E-state index in [0.29, 0.717) is 45.0 Å². The van der Waals surface area contributed by atoms with Crippen LogP contribution in [0.5, 0.6) is 0 Å². The van der Waals surface area contributed by atoms with E-state index < -0.39 is 5.41 Å². The molecule has 1 unspecified atom stereocenters. The quantitative estimate of drug-likeness (QED) is 0.300. The molecule has 0 radical (unpaired) electrons. The summed E-state index contributed by atoms with van der Waals surface area (Å²) in [7, 11) is 0. The van der Waals surface area contributed by atoms with E-state index in [1.54, 1.807) is 6.20 Å². The van der Waals surface area contributed by atoms with Crippen molar-refractivity contribution in [2.45, 2.75) is 75.7 Å². The molecule has 4 heterocycles. The predicted octanol–water partition coefficient (Wildman–Crippen LogP) is 5.51. The van der Waals surface area contributed by atoms with Crippen LogP contribution in [0.1, 0.15) is 59.9 Å². The molecule has 1 saturated carbocycles. The van der Waals surface area contributed by atoms with Gasteiger partial charge in [-0.25, -0.2) is 4.98 Å². The van der Waals surface area contributed by atoms with E-state index >= 15 is 0 Å². The number of amides is 2. The summed E-state index contributed by atoms with van der Waals surface area (Å²) >= 11 is 0. The molecule has 4 aromatic rings. The fourth-order valence-electron chi connectivity index (χ4n) is 8.00. The highest BCUT2D eigenvalue weighted by atomic mass is 16.5.